The highest BCUT2D eigenvalue weighted by molar-refractivity contribution is 5.98. The summed E-state index contributed by atoms with van der Waals surface area (Å²) in [5, 5.41) is 0. The van der Waals surface area contributed by atoms with Gasteiger partial charge in [-0.2, -0.15) is 0 Å². The zero-order valence-corrected chi connectivity index (χ0v) is 12.7. The molecule has 0 bridgehead atoms. The lowest BCUT2D eigenvalue weighted by molar-refractivity contribution is 0.0992. The Balaban J connectivity index is 0.000000956. The summed E-state index contributed by atoms with van der Waals surface area (Å²) < 4.78 is 0. The molecular formula is C19H24O. The molecular weight excluding hydrogens is 244 g/mol. The fraction of sp³-hybridized carbons (Fsp3) is 0.316. The minimum Gasteiger partial charge on any atom is -0.294 e. The molecule has 0 unspecified atom stereocenters. The number of ketones is 1. The number of carbonyl (C=O) groups excluding carboxylic acids is 1. The van der Waals surface area contributed by atoms with Crippen LogP contribution in [0, 0.1) is 0 Å². The van der Waals surface area contributed by atoms with Crippen LogP contribution in [-0.2, 0) is 12.8 Å². The molecule has 0 fully saturated rings. The van der Waals surface area contributed by atoms with E-state index in [1.54, 1.807) is 0 Å². The van der Waals surface area contributed by atoms with Crippen molar-refractivity contribution in [2.24, 2.45) is 0 Å². The smallest absolute Gasteiger partial charge is 0.167 e. The highest BCUT2D eigenvalue weighted by Gasteiger charge is 2.10. The lowest BCUT2D eigenvalue weighted by Gasteiger charge is -2.07. The van der Waals surface area contributed by atoms with Crippen LogP contribution in [-0.4, -0.2) is 5.78 Å². The van der Waals surface area contributed by atoms with Gasteiger partial charge in [0.2, 0.25) is 0 Å². The van der Waals surface area contributed by atoms with Gasteiger partial charge < -0.3 is 0 Å². The van der Waals surface area contributed by atoms with Gasteiger partial charge in [0.15, 0.2) is 5.78 Å². The van der Waals surface area contributed by atoms with Gasteiger partial charge in [0.25, 0.3) is 0 Å². The third-order valence-corrected chi connectivity index (χ3v) is 3.04. The van der Waals surface area contributed by atoms with E-state index < -0.39 is 0 Å². The molecule has 0 heterocycles. The van der Waals surface area contributed by atoms with Crippen LogP contribution in [0.5, 0.6) is 0 Å². The van der Waals surface area contributed by atoms with Crippen LogP contribution < -0.4 is 0 Å². The number of Topliss-reactive ketones (excluding diaryl/α,β-unsaturated/α-hetero) is 1. The molecule has 2 aromatic carbocycles. The van der Waals surface area contributed by atoms with E-state index in [2.05, 4.69) is 13.0 Å². The third-order valence-electron chi connectivity index (χ3n) is 3.04. The highest BCUT2D eigenvalue weighted by atomic mass is 16.1. The number of carbonyl (C=O) groups is 1. The van der Waals surface area contributed by atoms with E-state index in [0.29, 0.717) is 6.42 Å². The molecule has 0 saturated carbocycles. The maximum absolute atomic E-state index is 12.3. The molecule has 1 nitrogen and oxygen atoms in total. The summed E-state index contributed by atoms with van der Waals surface area (Å²) in [6.07, 6.45) is 2.52. The zero-order valence-electron chi connectivity index (χ0n) is 12.7. The average molecular weight is 268 g/mol. The van der Waals surface area contributed by atoms with E-state index in [1.165, 1.54) is 5.56 Å². The van der Waals surface area contributed by atoms with Crippen LogP contribution in [0.2, 0.25) is 0 Å². The van der Waals surface area contributed by atoms with Gasteiger partial charge in [0.1, 0.15) is 0 Å². The standard InChI is InChI=1S/C17H18O.C2H6/c1-2-8-15-11-6-7-12-16(15)17(18)13-14-9-4-3-5-10-14;1-2/h3-7,9-12H,2,8,13H2,1H3;1-2H3. The van der Waals surface area contributed by atoms with Gasteiger partial charge in [-0.25, -0.2) is 0 Å². The van der Waals surface area contributed by atoms with Crippen molar-refractivity contribution in [1.82, 2.24) is 0 Å². The van der Waals surface area contributed by atoms with E-state index in [-0.39, 0.29) is 5.78 Å². The first-order chi connectivity index (χ1) is 9.81. The Labute approximate surface area is 122 Å². The van der Waals surface area contributed by atoms with Crippen molar-refractivity contribution < 1.29 is 4.79 Å². The molecule has 0 amide bonds. The lowest BCUT2D eigenvalue weighted by atomic mass is 9.96. The van der Waals surface area contributed by atoms with Crippen LogP contribution in [0.15, 0.2) is 54.6 Å². The van der Waals surface area contributed by atoms with Gasteiger partial charge in [-0.15, -0.1) is 0 Å². The van der Waals surface area contributed by atoms with Crippen molar-refractivity contribution in [3.63, 3.8) is 0 Å². The Kier molecular flexibility index (Phi) is 7.34. The van der Waals surface area contributed by atoms with E-state index >= 15 is 0 Å². The molecule has 0 aliphatic rings. The maximum atomic E-state index is 12.3. The molecule has 106 valence electrons. The normalized spacial score (nSPS) is 9.55. The maximum Gasteiger partial charge on any atom is 0.167 e. The van der Waals surface area contributed by atoms with Gasteiger partial charge in [-0.05, 0) is 17.5 Å². The fourth-order valence-electron chi connectivity index (χ4n) is 2.16. The molecule has 0 atom stereocenters. The third kappa shape index (κ3) is 4.65. The Hall–Kier alpha value is -1.89. The topological polar surface area (TPSA) is 17.1 Å². The van der Waals surface area contributed by atoms with Crippen molar-refractivity contribution in [1.29, 1.82) is 0 Å². The number of hydrogen-bond donors (Lipinski definition) is 0. The summed E-state index contributed by atoms with van der Waals surface area (Å²) in [4.78, 5) is 12.3. The van der Waals surface area contributed by atoms with E-state index in [4.69, 9.17) is 0 Å². The molecule has 0 aliphatic heterocycles. The van der Waals surface area contributed by atoms with Crippen LogP contribution in [0.25, 0.3) is 0 Å². The number of aryl methyl sites for hydroxylation is 1. The van der Waals surface area contributed by atoms with Crippen LogP contribution in [0.4, 0.5) is 0 Å². The quantitative estimate of drug-likeness (QED) is 0.690. The number of rotatable bonds is 5. The molecule has 2 rings (SSSR count). The monoisotopic (exact) mass is 268 g/mol. The van der Waals surface area contributed by atoms with Gasteiger partial charge in [-0.1, -0.05) is 81.8 Å². The van der Waals surface area contributed by atoms with E-state index in [9.17, 15) is 4.79 Å². The second kappa shape index (κ2) is 9.08. The van der Waals surface area contributed by atoms with Crippen molar-refractivity contribution >= 4 is 5.78 Å². The minimum absolute atomic E-state index is 0.213. The van der Waals surface area contributed by atoms with Crippen molar-refractivity contribution in [2.75, 3.05) is 0 Å². The van der Waals surface area contributed by atoms with E-state index in [1.807, 2.05) is 62.4 Å². The molecule has 0 radical (unpaired) electrons. The summed E-state index contributed by atoms with van der Waals surface area (Å²) in [5.74, 6) is 0.213. The Morgan fingerprint density at radius 2 is 1.50 bits per heavy atom. The fourth-order valence-corrected chi connectivity index (χ4v) is 2.16. The molecule has 1 heteroatoms. The minimum atomic E-state index is 0.213. The average Bonchev–Trinajstić information content (AvgIpc) is 2.51. The first-order valence-electron chi connectivity index (χ1n) is 7.46. The summed E-state index contributed by atoms with van der Waals surface area (Å²) >= 11 is 0. The SMILES string of the molecule is CC.CCCc1ccccc1C(=O)Cc1ccccc1. The summed E-state index contributed by atoms with van der Waals surface area (Å²) in [7, 11) is 0. The number of hydrogen-bond acceptors (Lipinski definition) is 1. The molecule has 0 aliphatic carbocycles. The Morgan fingerprint density at radius 1 is 0.900 bits per heavy atom. The second-order valence-corrected chi connectivity index (χ2v) is 4.49. The Morgan fingerprint density at radius 3 is 2.15 bits per heavy atom. The predicted molar refractivity (Wildman–Crippen MR) is 86.3 cm³/mol. The Bertz CT molecular complexity index is 514. The van der Waals surface area contributed by atoms with Crippen molar-refractivity contribution in [3.05, 3.63) is 71.3 Å². The van der Waals surface area contributed by atoms with Crippen LogP contribution in [0.1, 0.15) is 48.7 Å². The summed E-state index contributed by atoms with van der Waals surface area (Å²) in [6, 6.07) is 17.9. The van der Waals surface area contributed by atoms with Gasteiger partial charge in [-0.3, -0.25) is 4.79 Å². The molecule has 20 heavy (non-hydrogen) atoms. The highest BCUT2D eigenvalue weighted by Crippen LogP contribution is 2.14. The molecule has 2 aromatic rings. The lowest BCUT2D eigenvalue weighted by Crippen LogP contribution is -2.07. The van der Waals surface area contributed by atoms with Crippen LogP contribution in [0.3, 0.4) is 0 Å². The first-order valence-corrected chi connectivity index (χ1v) is 7.46. The van der Waals surface area contributed by atoms with E-state index in [0.717, 1.165) is 24.0 Å². The van der Waals surface area contributed by atoms with Gasteiger partial charge in [0, 0.05) is 12.0 Å². The summed E-state index contributed by atoms with van der Waals surface area (Å²) in [5.41, 5.74) is 3.12. The molecule has 0 aromatic heterocycles. The van der Waals surface area contributed by atoms with Crippen molar-refractivity contribution in [2.45, 2.75) is 40.0 Å². The van der Waals surface area contributed by atoms with Crippen molar-refractivity contribution in [3.8, 4) is 0 Å². The number of benzene rings is 2. The second-order valence-electron chi connectivity index (χ2n) is 4.49. The first kappa shape index (κ1) is 16.2. The largest absolute Gasteiger partial charge is 0.294 e. The zero-order chi connectivity index (χ0) is 14.8. The summed E-state index contributed by atoms with van der Waals surface area (Å²) in [6.45, 7) is 6.14. The predicted octanol–water partition coefficient (Wildman–Crippen LogP) is 5.09. The molecule has 0 N–H and O–H groups in total. The molecule has 0 spiro atoms. The molecule has 0 saturated heterocycles. The van der Waals surface area contributed by atoms with Gasteiger partial charge >= 0.3 is 0 Å². The van der Waals surface area contributed by atoms with Crippen LogP contribution >= 0.6 is 0 Å². The van der Waals surface area contributed by atoms with Gasteiger partial charge in [0.05, 0.1) is 0 Å².